The third-order valence-corrected chi connectivity index (χ3v) is 3.80. The zero-order chi connectivity index (χ0) is 15.2. The van der Waals surface area contributed by atoms with E-state index in [9.17, 15) is 13.9 Å². The van der Waals surface area contributed by atoms with Gasteiger partial charge in [0.05, 0.1) is 0 Å². The first-order chi connectivity index (χ1) is 10.1. The lowest BCUT2D eigenvalue weighted by Crippen LogP contribution is -2.44. The van der Waals surface area contributed by atoms with Gasteiger partial charge >= 0.3 is 0 Å². The number of piperidine rings is 1. The number of halogens is 2. The van der Waals surface area contributed by atoms with E-state index in [0.717, 1.165) is 38.1 Å². The molecule has 0 amide bonds. The summed E-state index contributed by atoms with van der Waals surface area (Å²) in [5.41, 5.74) is 0. The Morgan fingerprint density at radius 1 is 1.33 bits per heavy atom. The molecule has 1 saturated heterocycles. The quantitative estimate of drug-likeness (QED) is 0.833. The molecule has 0 unspecified atom stereocenters. The van der Waals surface area contributed by atoms with Crippen LogP contribution in [0.15, 0.2) is 18.2 Å². The number of nitrogens with zero attached hydrogens (tertiary/aromatic N) is 1. The van der Waals surface area contributed by atoms with E-state index in [-0.39, 0.29) is 12.4 Å². The normalized spacial score (nSPS) is 18.7. The highest BCUT2D eigenvalue weighted by atomic mass is 19.2. The van der Waals surface area contributed by atoms with E-state index in [1.54, 1.807) is 0 Å². The number of β-amino-alcohol motifs (C(OH)–C–C–N with tert-alkyl or cyclic N) is 1. The summed E-state index contributed by atoms with van der Waals surface area (Å²) in [6.45, 7) is 2.47. The minimum Gasteiger partial charge on any atom is -0.491 e. The maximum atomic E-state index is 13.0. The summed E-state index contributed by atoms with van der Waals surface area (Å²) >= 11 is 0. The van der Waals surface area contributed by atoms with Gasteiger partial charge in [-0.3, -0.25) is 0 Å². The van der Waals surface area contributed by atoms with Gasteiger partial charge in [-0.15, -0.1) is 0 Å². The molecule has 4 nitrogen and oxygen atoms in total. The Bertz CT molecular complexity index is 451. The topological polar surface area (TPSA) is 44.7 Å². The Hall–Kier alpha value is -1.24. The van der Waals surface area contributed by atoms with E-state index >= 15 is 0 Å². The van der Waals surface area contributed by atoms with Crippen molar-refractivity contribution in [3.8, 4) is 5.75 Å². The number of aliphatic hydroxyl groups is 1. The zero-order valence-corrected chi connectivity index (χ0v) is 12.2. The molecule has 0 aliphatic carbocycles. The van der Waals surface area contributed by atoms with Crippen molar-refractivity contribution in [2.45, 2.75) is 25.0 Å². The molecule has 1 aromatic carbocycles. The van der Waals surface area contributed by atoms with E-state index in [1.807, 2.05) is 7.05 Å². The lowest BCUT2D eigenvalue weighted by Gasteiger charge is -2.32. The molecule has 0 radical (unpaired) electrons. The van der Waals surface area contributed by atoms with E-state index < -0.39 is 17.7 Å². The Labute approximate surface area is 123 Å². The SMILES string of the molecule is CNC1CCN(C[C@H](O)COc2ccc(F)c(F)c2)CC1. The smallest absolute Gasteiger partial charge is 0.162 e. The highest BCUT2D eigenvalue weighted by Crippen LogP contribution is 2.16. The summed E-state index contributed by atoms with van der Waals surface area (Å²) in [7, 11) is 1.96. The summed E-state index contributed by atoms with van der Waals surface area (Å²) < 4.78 is 31.1. The molecule has 2 N–H and O–H groups in total. The van der Waals surface area contributed by atoms with Gasteiger partial charge in [0.25, 0.3) is 0 Å². The number of aliphatic hydroxyl groups excluding tert-OH is 1. The van der Waals surface area contributed by atoms with Gasteiger partial charge in [-0.25, -0.2) is 8.78 Å². The molecule has 6 heteroatoms. The molecule has 21 heavy (non-hydrogen) atoms. The number of ether oxygens (including phenoxy) is 1. The molecule has 0 aromatic heterocycles. The molecule has 1 aliphatic rings. The van der Waals surface area contributed by atoms with Gasteiger partial charge in [-0.05, 0) is 45.1 Å². The Balaban J connectivity index is 1.72. The van der Waals surface area contributed by atoms with Crippen LogP contribution in [0, 0.1) is 11.6 Å². The predicted octanol–water partition coefficient (Wildman–Crippen LogP) is 1.39. The molecular formula is C15H22F2N2O2. The maximum absolute atomic E-state index is 13.0. The molecule has 0 bridgehead atoms. The molecule has 1 aromatic rings. The number of nitrogens with one attached hydrogen (secondary N) is 1. The number of rotatable bonds is 6. The number of hydrogen-bond acceptors (Lipinski definition) is 4. The fourth-order valence-corrected chi connectivity index (χ4v) is 2.51. The van der Waals surface area contributed by atoms with Crippen LogP contribution in [0.2, 0.25) is 0 Å². The Morgan fingerprint density at radius 2 is 2.05 bits per heavy atom. The monoisotopic (exact) mass is 300 g/mol. The Kier molecular flexibility index (Phi) is 5.90. The van der Waals surface area contributed by atoms with E-state index in [1.165, 1.54) is 6.07 Å². The van der Waals surface area contributed by atoms with Crippen molar-refractivity contribution in [3.63, 3.8) is 0 Å². The highest BCUT2D eigenvalue weighted by molar-refractivity contribution is 5.23. The van der Waals surface area contributed by atoms with Crippen LogP contribution in [0.3, 0.4) is 0 Å². The molecule has 118 valence electrons. The van der Waals surface area contributed by atoms with Crippen LogP contribution in [0.5, 0.6) is 5.75 Å². The van der Waals surface area contributed by atoms with Crippen LogP contribution < -0.4 is 10.1 Å². The summed E-state index contributed by atoms with van der Waals surface area (Å²) in [6.07, 6.45) is 1.48. The summed E-state index contributed by atoms with van der Waals surface area (Å²) in [4.78, 5) is 2.19. The second kappa shape index (κ2) is 7.68. The largest absolute Gasteiger partial charge is 0.491 e. The molecule has 1 atom stereocenters. The third kappa shape index (κ3) is 4.91. The first-order valence-corrected chi connectivity index (χ1v) is 7.24. The Morgan fingerprint density at radius 3 is 2.67 bits per heavy atom. The average Bonchev–Trinajstić information content (AvgIpc) is 2.49. The van der Waals surface area contributed by atoms with Crippen LogP contribution in [-0.4, -0.2) is 55.4 Å². The van der Waals surface area contributed by atoms with Gasteiger partial charge in [-0.1, -0.05) is 0 Å². The molecule has 2 rings (SSSR count). The van der Waals surface area contributed by atoms with Crippen molar-refractivity contribution in [3.05, 3.63) is 29.8 Å². The molecule has 1 fully saturated rings. The van der Waals surface area contributed by atoms with Crippen molar-refractivity contribution in [1.82, 2.24) is 10.2 Å². The number of likely N-dealkylation sites (tertiary alicyclic amines) is 1. The van der Waals surface area contributed by atoms with Crippen LogP contribution in [0.25, 0.3) is 0 Å². The van der Waals surface area contributed by atoms with E-state index in [0.29, 0.717) is 12.6 Å². The van der Waals surface area contributed by atoms with Crippen LogP contribution in [0.4, 0.5) is 8.78 Å². The van der Waals surface area contributed by atoms with Crippen molar-refractivity contribution in [2.75, 3.05) is 33.3 Å². The van der Waals surface area contributed by atoms with Crippen LogP contribution in [-0.2, 0) is 0 Å². The van der Waals surface area contributed by atoms with Crippen molar-refractivity contribution in [1.29, 1.82) is 0 Å². The summed E-state index contributed by atoms with van der Waals surface area (Å²) in [5.74, 6) is -1.63. The number of benzene rings is 1. The number of hydrogen-bond donors (Lipinski definition) is 2. The van der Waals surface area contributed by atoms with Crippen LogP contribution in [0.1, 0.15) is 12.8 Å². The van der Waals surface area contributed by atoms with Crippen LogP contribution >= 0.6 is 0 Å². The lowest BCUT2D eigenvalue weighted by molar-refractivity contribution is 0.0582. The third-order valence-electron chi connectivity index (χ3n) is 3.80. The van der Waals surface area contributed by atoms with E-state index in [2.05, 4.69) is 10.2 Å². The average molecular weight is 300 g/mol. The van der Waals surface area contributed by atoms with Crippen molar-refractivity contribution in [2.24, 2.45) is 0 Å². The predicted molar refractivity (Wildman–Crippen MR) is 76.4 cm³/mol. The molecule has 0 spiro atoms. The minimum absolute atomic E-state index is 0.0665. The summed E-state index contributed by atoms with van der Waals surface area (Å²) in [6, 6.07) is 3.90. The van der Waals surface area contributed by atoms with Gasteiger partial charge < -0.3 is 20.1 Å². The van der Waals surface area contributed by atoms with E-state index in [4.69, 9.17) is 4.74 Å². The summed E-state index contributed by atoms with van der Waals surface area (Å²) in [5, 5.41) is 13.2. The molecular weight excluding hydrogens is 278 g/mol. The van der Waals surface area contributed by atoms with Gasteiger partial charge in [0, 0.05) is 18.7 Å². The second-order valence-corrected chi connectivity index (χ2v) is 5.40. The minimum atomic E-state index is -0.948. The molecule has 0 saturated carbocycles. The van der Waals surface area contributed by atoms with Crippen molar-refractivity contribution >= 4 is 0 Å². The lowest BCUT2D eigenvalue weighted by atomic mass is 10.1. The fraction of sp³-hybridized carbons (Fsp3) is 0.600. The maximum Gasteiger partial charge on any atom is 0.162 e. The van der Waals surface area contributed by atoms with Gasteiger partial charge in [0.2, 0.25) is 0 Å². The van der Waals surface area contributed by atoms with Gasteiger partial charge in [0.15, 0.2) is 11.6 Å². The first kappa shape index (κ1) is 16.1. The molecule has 1 aliphatic heterocycles. The van der Waals surface area contributed by atoms with Gasteiger partial charge in [0.1, 0.15) is 18.5 Å². The first-order valence-electron chi connectivity index (χ1n) is 7.24. The zero-order valence-electron chi connectivity index (χ0n) is 12.2. The standard InChI is InChI=1S/C15H22F2N2O2/c1-18-11-4-6-19(7-5-11)9-12(20)10-21-13-2-3-14(16)15(17)8-13/h2-3,8,11-12,18,20H,4-7,9-10H2,1H3/t12-/m0/s1. The van der Waals surface area contributed by atoms with Crippen molar-refractivity contribution < 1.29 is 18.6 Å². The second-order valence-electron chi connectivity index (χ2n) is 5.40. The fourth-order valence-electron chi connectivity index (χ4n) is 2.51. The van der Waals surface area contributed by atoms with Gasteiger partial charge in [-0.2, -0.15) is 0 Å². The highest BCUT2D eigenvalue weighted by Gasteiger charge is 2.20. The molecule has 1 heterocycles.